The van der Waals surface area contributed by atoms with Gasteiger partial charge in [0.25, 0.3) is 0 Å². The monoisotopic (exact) mass is 377 g/mol. The van der Waals surface area contributed by atoms with Gasteiger partial charge in [0.2, 0.25) is 0 Å². The van der Waals surface area contributed by atoms with Gasteiger partial charge in [0.15, 0.2) is 0 Å². The fourth-order valence-electron chi connectivity index (χ4n) is 2.24. The molecule has 0 amide bonds. The minimum absolute atomic E-state index is 0.0667. The number of anilines is 1. The third-order valence-corrected chi connectivity index (χ3v) is 5.27. The van der Waals surface area contributed by atoms with Gasteiger partial charge in [-0.25, -0.2) is 4.68 Å². The number of rotatable bonds is 7. The first-order valence-corrected chi connectivity index (χ1v) is 9.31. The van der Waals surface area contributed by atoms with Gasteiger partial charge in [-0.3, -0.25) is 4.57 Å². The molecule has 0 aliphatic heterocycles. The van der Waals surface area contributed by atoms with Gasteiger partial charge in [0.1, 0.15) is 0 Å². The molecule has 0 fully saturated rings. The van der Waals surface area contributed by atoms with E-state index in [0.717, 1.165) is 6.07 Å². The summed E-state index contributed by atoms with van der Waals surface area (Å²) in [5, 5.41) is 4.16. The summed E-state index contributed by atoms with van der Waals surface area (Å²) in [6.07, 6.45) is -3.15. The van der Waals surface area contributed by atoms with Crippen LogP contribution in [-0.2, 0) is 26.0 Å². The van der Waals surface area contributed by atoms with Crippen LogP contribution in [0.3, 0.4) is 0 Å². The zero-order valence-corrected chi connectivity index (χ0v) is 14.7. The van der Waals surface area contributed by atoms with E-state index in [1.807, 2.05) is 0 Å². The Balaban J connectivity index is 2.28. The maximum atomic E-state index is 13.0. The number of hydrogen-bond acceptors (Lipinski definition) is 5. The minimum Gasteiger partial charge on any atom is -0.398 e. The molecule has 0 atom stereocenters. The molecule has 6 nitrogen and oxygen atoms in total. The Labute approximate surface area is 143 Å². The van der Waals surface area contributed by atoms with Crippen LogP contribution in [0.1, 0.15) is 25.1 Å². The first kappa shape index (κ1) is 19.5. The smallest absolute Gasteiger partial charge is 0.398 e. The molecular weight excluding hydrogens is 358 g/mol. The average molecular weight is 377 g/mol. The molecule has 2 N–H and O–H groups in total. The number of aromatic nitrogens is 2. The lowest BCUT2D eigenvalue weighted by Gasteiger charge is -2.15. The highest BCUT2D eigenvalue weighted by Gasteiger charge is 2.33. The van der Waals surface area contributed by atoms with Crippen molar-refractivity contribution in [3.05, 3.63) is 41.7 Å². The molecule has 10 heteroatoms. The van der Waals surface area contributed by atoms with Crippen molar-refractivity contribution >= 4 is 13.3 Å². The summed E-state index contributed by atoms with van der Waals surface area (Å²) in [6.45, 7) is 3.81. The van der Waals surface area contributed by atoms with Gasteiger partial charge >= 0.3 is 13.8 Å². The summed E-state index contributed by atoms with van der Waals surface area (Å²) in [7, 11) is -3.34. The predicted octanol–water partition coefficient (Wildman–Crippen LogP) is 4.24. The maximum absolute atomic E-state index is 13.0. The van der Waals surface area contributed by atoms with Crippen LogP contribution < -0.4 is 5.73 Å². The highest BCUT2D eigenvalue weighted by molar-refractivity contribution is 7.53. The highest BCUT2D eigenvalue weighted by atomic mass is 31.2. The van der Waals surface area contributed by atoms with E-state index < -0.39 is 19.3 Å². The number of nitrogens with zero attached hydrogens (tertiary/aromatic N) is 2. The number of hydrogen-bond donors (Lipinski definition) is 1. The molecule has 0 saturated carbocycles. The normalized spacial score (nSPS) is 12.5. The summed E-state index contributed by atoms with van der Waals surface area (Å²) >= 11 is 0. The first-order valence-electron chi connectivity index (χ1n) is 7.58. The third kappa shape index (κ3) is 4.84. The molecule has 0 unspecified atom stereocenters. The van der Waals surface area contributed by atoms with Crippen molar-refractivity contribution in [2.24, 2.45) is 0 Å². The molecule has 1 aromatic heterocycles. The molecule has 25 heavy (non-hydrogen) atoms. The summed E-state index contributed by atoms with van der Waals surface area (Å²) in [4.78, 5) is 0. The lowest BCUT2D eigenvalue weighted by Crippen LogP contribution is -2.10. The molecule has 0 spiro atoms. The van der Waals surface area contributed by atoms with Gasteiger partial charge in [-0.1, -0.05) is 0 Å². The summed E-state index contributed by atoms with van der Waals surface area (Å²) < 4.78 is 63.0. The van der Waals surface area contributed by atoms with Crippen molar-refractivity contribution in [3.8, 4) is 5.69 Å². The second kappa shape index (κ2) is 7.59. The van der Waals surface area contributed by atoms with Crippen LogP contribution in [0.15, 0.2) is 30.5 Å². The maximum Gasteiger partial charge on any atom is 0.418 e. The minimum atomic E-state index is -4.56. The molecule has 0 bridgehead atoms. The van der Waals surface area contributed by atoms with E-state index in [2.05, 4.69) is 5.10 Å². The van der Waals surface area contributed by atoms with Gasteiger partial charge in [0.05, 0.1) is 36.3 Å². The van der Waals surface area contributed by atoms with Crippen molar-refractivity contribution < 1.29 is 26.8 Å². The first-order chi connectivity index (χ1) is 11.7. The van der Waals surface area contributed by atoms with E-state index in [-0.39, 0.29) is 30.8 Å². The van der Waals surface area contributed by atoms with E-state index >= 15 is 0 Å². The topological polar surface area (TPSA) is 79.4 Å². The molecule has 0 saturated heterocycles. The number of nitrogen functional groups attached to an aromatic ring is 1. The van der Waals surface area contributed by atoms with Crippen molar-refractivity contribution in [3.63, 3.8) is 0 Å². The Morgan fingerprint density at radius 3 is 2.40 bits per heavy atom. The molecule has 2 aromatic rings. The molecule has 1 heterocycles. The van der Waals surface area contributed by atoms with E-state index in [1.54, 1.807) is 19.9 Å². The van der Waals surface area contributed by atoms with Crippen molar-refractivity contribution in [1.29, 1.82) is 0 Å². The molecule has 1 aromatic carbocycles. The highest BCUT2D eigenvalue weighted by Crippen LogP contribution is 2.51. The Morgan fingerprint density at radius 1 is 1.20 bits per heavy atom. The van der Waals surface area contributed by atoms with Crippen LogP contribution in [0.5, 0.6) is 0 Å². The molecular formula is C15H19F3N3O3P. The second-order valence-electron chi connectivity index (χ2n) is 5.13. The standard InChI is InChI=1S/C15H19F3N3O3P/c1-3-23-25(22,24-4-2)10-11-7-8-21(20-11)12-5-6-14(19)13(9-12)15(16,17)18/h5-9H,3-4,10,19H2,1-2H3. The van der Waals surface area contributed by atoms with Crippen LogP contribution in [0.25, 0.3) is 5.69 Å². The van der Waals surface area contributed by atoms with Crippen molar-refractivity contribution in [2.75, 3.05) is 18.9 Å². The van der Waals surface area contributed by atoms with E-state index in [4.69, 9.17) is 14.8 Å². The summed E-state index contributed by atoms with van der Waals surface area (Å²) in [5.41, 5.74) is 4.67. The summed E-state index contributed by atoms with van der Waals surface area (Å²) in [5.74, 6) is 0. The predicted molar refractivity (Wildman–Crippen MR) is 87.5 cm³/mol. The van der Waals surface area contributed by atoms with Crippen LogP contribution in [0.4, 0.5) is 18.9 Å². The van der Waals surface area contributed by atoms with Crippen molar-refractivity contribution in [2.45, 2.75) is 26.2 Å². The van der Waals surface area contributed by atoms with Crippen LogP contribution >= 0.6 is 7.60 Å². The van der Waals surface area contributed by atoms with Crippen molar-refractivity contribution in [1.82, 2.24) is 9.78 Å². The lowest BCUT2D eigenvalue weighted by molar-refractivity contribution is -0.136. The van der Waals surface area contributed by atoms with E-state index in [9.17, 15) is 17.7 Å². The van der Waals surface area contributed by atoms with Gasteiger partial charge in [-0.05, 0) is 38.1 Å². The SMILES string of the molecule is CCOP(=O)(Cc1ccn(-c2ccc(N)c(C(F)(F)F)c2)n1)OCC. The third-order valence-electron chi connectivity index (χ3n) is 3.26. The quantitative estimate of drug-likeness (QED) is 0.577. The van der Waals surface area contributed by atoms with Gasteiger partial charge in [-0.15, -0.1) is 0 Å². The van der Waals surface area contributed by atoms with E-state index in [0.29, 0.717) is 5.69 Å². The molecule has 2 rings (SSSR count). The van der Waals surface area contributed by atoms with E-state index in [1.165, 1.54) is 23.0 Å². The number of alkyl halides is 3. The van der Waals surface area contributed by atoms with Gasteiger partial charge < -0.3 is 14.8 Å². The van der Waals surface area contributed by atoms with Crippen LogP contribution in [-0.4, -0.2) is 23.0 Å². The molecule has 0 radical (unpaired) electrons. The fourth-order valence-corrected chi connectivity index (χ4v) is 3.85. The Morgan fingerprint density at radius 2 is 1.84 bits per heavy atom. The number of benzene rings is 1. The second-order valence-corrected chi connectivity index (χ2v) is 7.18. The van der Waals surface area contributed by atoms with Crippen LogP contribution in [0, 0.1) is 0 Å². The molecule has 0 aliphatic rings. The molecule has 0 aliphatic carbocycles. The molecule has 138 valence electrons. The Bertz CT molecular complexity index is 767. The lowest BCUT2D eigenvalue weighted by atomic mass is 10.1. The zero-order valence-electron chi connectivity index (χ0n) is 13.8. The Kier molecular flexibility index (Phi) is 5.92. The van der Waals surface area contributed by atoms with Crippen LogP contribution in [0.2, 0.25) is 0 Å². The van der Waals surface area contributed by atoms with Gasteiger partial charge in [0, 0.05) is 11.9 Å². The largest absolute Gasteiger partial charge is 0.418 e. The summed E-state index contributed by atoms with van der Waals surface area (Å²) in [6, 6.07) is 5.06. The Hall–Kier alpha value is -1.83. The zero-order chi connectivity index (χ0) is 18.7. The number of halogens is 3. The fraction of sp³-hybridized carbons (Fsp3) is 0.400. The number of nitrogens with two attached hydrogens (primary N) is 1. The van der Waals surface area contributed by atoms with Gasteiger partial charge in [-0.2, -0.15) is 18.3 Å². The average Bonchev–Trinajstić information content (AvgIpc) is 2.95.